The summed E-state index contributed by atoms with van der Waals surface area (Å²) in [5.41, 5.74) is 1.91. The van der Waals surface area contributed by atoms with Crippen molar-refractivity contribution in [3.05, 3.63) is 41.5 Å². The molecule has 1 aromatic heterocycles. The Bertz CT molecular complexity index is 593. The zero-order valence-electron chi connectivity index (χ0n) is 12.0. The van der Waals surface area contributed by atoms with E-state index in [1.54, 1.807) is 0 Å². The summed E-state index contributed by atoms with van der Waals surface area (Å²) in [7, 11) is 0. The molecule has 2 bridgehead atoms. The number of nitrogens with zero attached hydrogens (tertiary/aromatic N) is 2. The topological polar surface area (TPSA) is 33.2 Å². The van der Waals surface area contributed by atoms with E-state index in [1.807, 2.05) is 4.90 Å². The normalized spacial score (nSPS) is 27.9. The van der Waals surface area contributed by atoms with Crippen LogP contribution < -0.4 is 0 Å². The first-order valence-electron chi connectivity index (χ1n) is 7.83. The summed E-state index contributed by atoms with van der Waals surface area (Å²) >= 11 is 0. The number of aromatic nitrogens is 1. The van der Waals surface area contributed by atoms with Crippen LogP contribution in [0.4, 0.5) is 4.39 Å². The van der Waals surface area contributed by atoms with Crippen LogP contribution in [0.15, 0.2) is 30.1 Å². The molecule has 2 unspecified atom stereocenters. The van der Waals surface area contributed by atoms with Crippen LogP contribution in [-0.4, -0.2) is 27.9 Å². The number of piperidine rings is 1. The van der Waals surface area contributed by atoms with E-state index in [9.17, 15) is 9.18 Å². The summed E-state index contributed by atoms with van der Waals surface area (Å²) in [6, 6.07) is 1.89. The molecule has 0 N–H and O–H groups in total. The molecule has 110 valence electrons. The maximum atomic E-state index is 13.3. The van der Waals surface area contributed by atoms with E-state index < -0.39 is 5.82 Å². The second-order valence-corrected chi connectivity index (χ2v) is 6.56. The molecule has 4 heteroatoms. The van der Waals surface area contributed by atoms with Gasteiger partial charge in [0.15, 0.2) is 0 Å². The Morgan fingerprint density at radius 3 is 2.52 bits per heavy atom. The number of hydrogen-bond donors (Lipinski definition) is 0. The predicted molar refractivity (Wildman–Crippen MR) is 77.2 cm³/mol. The van der Waals surface area contributed by atoms with Crippen LogP contribution in [0, 0.1) is 11.7 Å². The van der Waals surface area contributed by atoms with E-state index in [0.29, 0.717) is 17.6 Å². The van der Waals surface area contributed by atoms with Gasteiger partial charge in [0.05, 0.1) is 11.8 Å². The number of carbonyl (C=O) groups is 1. The summed E-state index contributed by atoms with van der Waals surface area (Å²) in [6.45, 7) is 0. The molecule has 1 amide bonds. The molecule has 2 saturated heterocycles. The minimum atomic E-state index is -0.445. The lowest BCUT2D eigenvalue weighted by Crippen LogP contribution is -2.44. The number of amides is 1. The molecule has 1 aliphatic carbocycles. The summed E-state index contributed by atoms with van der Waals surface area (Å²) < 4.78 is 13.3. The molecule has 2 atom stereocenters. The molecule has 3 aliphatic rings. The summed E-state index contributed by atoms with van der Waals surface area (Å²) in [5, 5.41) is 0. The molecule has 3 heterocycles. The number of carbonyl (C=O) groups excluding carboxylic acids is 1. The fourth-order valence-corrected chi connectivity index (χ4v) is 3.79. The molecule has 21 heavy (non-hydrogen) atoms. The van der Waals surface area contributed by atoms with Crippen LogP contribution in [0.5, 0.6) is 0 Å². The van der Waals surface area contributed by atoms with E-state index >= 15 is 0 Å². The highest BCUT2D eigenvalue weighted by molar-refractivity contribution is 5.94. The first kappa shape index (κ1) is 13.0. The van der Waals surface area contributed by atoms with E-state index in [4.69, 9.17) is 0 Å². The smallest absolute Gasteiger partial charge is 0.256 e. The molecule has 1 saturated carbocycles. The Kier molecular flexibility index (Phi) is 3.05. The fourth-order valence-electron chi connectivity index (χ4n) is 3.79. The number of rotatable bonds is 2. The standard InChI is InChI=1S/C17H19FN2O/c18-14-8-13(9-19-10-14)17(21)20-15-3-4-16(20)7-12(6-15)5-11-1-2-11/h5,8-11,15-16H,1-4,6-7H2. The van der Waals surface area contributed by atoms with Crippen LogP contribution in [0.2, 0.25) is 0 Å². The lowest BCUT2D eigenvalue weighted by Gasteiger charge is -2.36. The highest BCUT2D eigenvalue weighted by Gasteiger charge is 2.42. The molecule has 0 radical (unpaired) electrons. The van der Waals surface area contributed by atoms with Crippen molar-refractivity contribution >= 4 is 5.91 Å². The monoisotopic (exact) mass is 286 g/mol. The van der Waals surface area contributed by atoms with Gasteiger partial charge in [-0.1, -0.05) is 11.6 Å². The van der Waals surface area contributed by atoms with E-state index in [1.165, 1.54) is 30.7 Å². The Morgan fingerprint density at radius 1 is 1.19 bits per heavy atom. The SMILES string of the molecule is O=C(c1cncc(F)c1)N1C2CCC1CC(=CC1CC1)C2. The van der Waals surface area contributed by atoms with Gasteiger partial charge in [-0.05, 0) is 50.5 Å². The quantitative estimate of drug-likeness (QED) is 0.781. The van der Waals surface area contributed by atoms with Gasteiger partial charge in [-0.15, -0.1) is 0 Å². The molecular formula is C17H19FN2O. The first-order valence-corrected chi connectivity index (χ1v) is 7.83. The number of pyridine rings is 1. The summed E-state index contributed by atoms with van der Waals surface area (Å²) in [6.07, 6.45) is 11.9. The molecule has 1 aromatic rings. The van der Waals surface area contributed by atoms with Gasteiger partial charge in [0.1, 0.15) is 5.82 Å². The van der Waals surface area contributed by atoms with Crippen molar-refractivity contribution in [2.45, 2.75) is 50.6 Å². The molecule has 3 nitrogen and oxygen atoms in total. The highest BCUT2D eigenvalue weighted by Crippen LogP contribution is 2.41. The van der Waals surface area contributed by atoms with Gasteiger partial charge in [-0.3, -0.25) is 9.78 Å². The molecule has 3 fully saturated rings. The average molecular weight is 286 g/mol. The van der Waals surface area contributed by atoms with Crippen LogP contribution >= 0.6 is 0 Å². The number of allylic oxidation sites excluding steroid dienone is 1. The van der Waals surface area contributed by atoms with Gasteiger partial charge < -0.3 is 4.90 Å². The zero-order valence-corrected chi connectivity index (χ0v) is 12.0. The Labute approximate surface area is 123 Å². The Hall–Kier alpha value is -1.71. The largest absolute Gasteiger partial charge is 0.332 e. The third-order valence-corrected chi connectivity index (χ3v) is 4.90. The van der Waals surface area contributed by atoms with Crippen molar-refractivity contribution in [1.82, 2.24) is 9.88 Å². The summed E-state index contributed by atoms with van der Waals surface area (Å²) in [5.74, 6) is 0.300. The Balaban J connectivity index is 1.55. The zero-order chi connectivity index (χ0) is 14.4. The lowest BCUT2D eigenvalue weighted by atomic mass is 9.95. The van der Waals surface area contributed by atoms with Crippen molar-refractivity contribution < 1.29 is 9.18 Å². The van der Waals surface area contributed by atoms with Gasteiger partial charge >= 0.3 is 0 Å². The third kappa shape index (κ3) is 2.47. The maximum Gasteiger partial charge on any atom is 0.256 e. The van der Waals surface area contributed by atoms with Gasteiger partial charge in [-0.2, -0.15) is 0 Å². The lowest BCUT2D eigenvalue weighted by molar-refractivity contribution is 0.0633. The number of hydrogen-bond acceptors (Lipinski definition) is 2. The minimum absolute atomic E-state index is 0.0556. The van der Waals surface area contributed by atoms with Crippen molar-refractivity contribution in [2.75, 3.05) is 0 Å². The van der Waals surface area contributed by atoms with Crippen LogP contribution in [0.3, 0.4) is 0 Å². The van der Waals surface area contributed by atoms with Crippen molar-refractivity contribution in [2.24, 2.45) is 5.92 Å². The molecule has 4 rings (SSSR count). The van der Waals surface area contributed by atoms with E-state index in [-0.39, 0.29) is 5.91 Å². The number of halogens is 1. The van der Waals surface area contributed by atoms with Gasteiger partial charge in [0, 0.05) is 18.3 Å². The third-order valence-electron chi connectivity index (χ3n) is 4.90. The molecule has 0 spiro atoms. The number of fused-ring (bicyclic) bond motifs is 2. The van der Waals surface area contributed by atoms with E-state index in [2.05, 4.69) is 11.1 Å². The molecular weight excluding hydrogens is 267 g/mol. The predicted octanol–water partition coefficient (Wildman–Crippen LogP) is 3.32. The van der Waals surface area contributed by atoms with Crippen LogP contribution in [0.25, 0.3) is 0 Å². The maximum absolute atomic E-state index is 13.3. The van der Waals surface area contributed by atoms with Gasteiger partial charge in [0.25, 0.3) is 5.91 Å². The average Bonchev–Trinajstić information content (AvgIpc) is 3.23. The molecule has 0 aromatic carbocycles. The van der Waals surface area contributed by atoms with Gasteiger partial charge in [-0.25, -0.2) is 4.39 Å². The highest BCUT2D eigenvalue weighted by atomic mass is 19.1. The van der Waals surface area contributed by atoms with Crippen LogP contribution in [-0.2, 0) is 0 Å². The van der Waals surface area contributed by atoms with Gasteiger partial charge in [0.2, 0.25) is 0 Å². The second kappa shape index (κ2) is 4.93. The molecule has 2 aliphatic heterocycles. The first-order chi connectivity index (χ1) is 10.2. The van der Waals surface area contributed by atoms with Crippen molar-refractivity contribution in [3.8, 4) is 0 Å². The van der Waals surface area contributed by atoms with E-state index in [0.717, 1.165) is 37.8 Å². The van der Waals surface area contributed by atoms with Crippen molar-refractivity contribution in [1.29, 1.82) is 0 Å². The summed E-state index contributed by atoms with van der Waals surface area (Å²) in [4.78, 5) is 18.4. The Morgan fingerprint density at radius 2 is 1.90 bits per heavy atom. The fraction of sp³-hybridized carbons (Fsp3) is 0.529. The minimum Gasteiger partial charge on any atom is -0.332 e. The van der Waals surface area contributed by atoms with Crippen molar-refractivity contribution in [3.63, 3.8) is 0 Å². The second-order valence-electron chi connectivity index (χ2n) is 6.56. The van der Waals surface area contributed by atoms with Crippen LogP contribution in [0.1, 0.15) is 48.9 Å².